The van der Waals surface area contributed by atoms with Crippen molar-refractivity contribution in [3.05, 3.63) is 47.0 Å². The maximum atomic E-state index is 11.8. The average molecular weight is 425 g/mol. The van der Waals surface area contributed by atoms with Crippen molar-refractivity contribution in [2.24, 2.45) is 11.7 Å². The van der Waals surface area contributed by atoms with Crippen molar-refractivity contribution in [2.75, 3.05) is 18.0 Å². The van der Waals surface area contributed by atoms with Crippen LogP contribution in [0.3, 0.4) is 0 Å². The Hall–Kier alpha value is -2.96. The molecule has 0 saturated carbocycles. The molecule has 0 unspecified atom stereocenters. The average Bonchev–Trinajstić information content (AvgIpc) is 2.74. The zero-order valence-electron chi connectivity index (χ0n) is 18.7. The summed E-state index contributed by atoms with van der Waals surface area (Å²) < 4.78 is 5.10. The van der Waals surface area contributed by atoms with Crippen LogP contribution < -0.4 is 15.4 Å². The summed E-state index contributed by atoms with van der Waals surface area (Å²) in [5.74, 6) is -0.199. The summed E-state index contributed by atoms with van der Waals surface area (Å²) in [7, 11) is 0. The van der Waals surface area contributed by atoms with E-state index in [1.54, 1.807) is 6.92 Å². The molecule has 7 nitrogen and oxygen atoms in total. The van der Waals surface area contributed by atoms with Crippen molar-refractivity contribution >= 4 is 17.6 Å². The minimum absolute atomic E-state index is 0.0294. The molecule has 1 fully saturated rings. The lowest BCUT2D eigenvalue weighted by atomic mass is 9.92. The predicted molar refractivity (Wildman–Crippen MR) is 120 cm³/mol. The number of rotatable bonds is 8. The molecule has 1 aliphatic rings. The number of hydrogen-bond acceptors (Lipinski definition) is 6. The first-order valence-corrected chi connectivity index (χ1v) is 11.1. The molecule has 0 radical (unpaired) electrons. The number of amides is 1. The van der Waals surface area contributed by atoms with Gasteiger partial charge in [0.05, 0.1) is 5.69 Å². The first-order chi connectivity index (χ1) is 14.9. The molecule has 1 aromatic carbocycles. The Labute approximate surface area is 184 Å². The second-order valence-electron chi connectivity index (χ2n) is 8.27. The number of aryl methyl sites for hydroxylation is 2. The molecular formula is C24H32N4O3. The number of ether oxygens (including phenoxy) is 1. The number of nitrogens with zero attached hydrogens (tertiary/aromatic N) is 3. The van der Waals surface area contributed by atoms with Gasteiger partial charge in [-0.05, 0) is 56.2 Å². The summed E-state index contributed by atoms with van der Waals surface area (Å²) in [5.41, 5.74) is 8.55. The highest BCUT2D eigenvalue weighted by atomic mass is 16.5. The molecule has 0 atom stereocenters. The van der Waals surface area contributed by atoms with Gasteiger partial charge < -0.3 is 15.4 Å². The van der Waals surface area contributed by atoms with Crippen molar-refractivity contribution < 1.29 is 14.3 Å². The maximum Gasteiger partial charge on any atom is 0.308 e. The highest BCUT2D eigenvalue weighted by molar-refractivity contribution is 5.94. The van der Waals surface area contributed by atoms with Gasteiger partial charge in [-0.1, -0.05) is 25.5 Å². The van der Waals surface area contributed by atoms with E-state index in [0.717, 1.165) is 32.4 Å². The summed E-state index contributed by atoms with van der Waals surface area (Å²) in [4.78, 5) is 34.3. The minimum Gasteiger partial charge on any atom is -0.422 e. The number of unbranched alkanes of at least 4 members (excludes halogenated alkanes) is 1. The molecule has 1 saturated heterocycles. The molecule has 31 heavy (non-hydrogen) atoms. The monoisotopic (exact) mass is 424 g/mol. The molecule has 1 amide bonds. The number of hydrogen-bond donors (Lipinski definition) is 1. The van der Waals surface area contributed by atoms with Crippen molar-refractivity contribution in [1.29, 1.82) is 0 Å². The second-order valence-corrected chi connectivity index (χ2v) is 8.27. The lowest BCUT2D eigenvalue weighted by Gasteiger charge is -2.33. The third-order valence-electron chi connectivity index (χ3n) is 5.77. The van der Waals surface area contributed by atoms with Gasteiger partial charge in [0.25, 0.3) is 5.91 Å². The zero-order valence-corrected chi connectivity index (χ0v) is 18.7. The van der Waals surface area contributed by atoms with Gasteiger partial charge in [-0.25, -0.2) is 9.97 Å². The number of primary amides is 1. The van der Waals surface area contributed by atoms with E-state index in [4.69, 9.17) is 10.5 Å². The second kappa shape index (κ2) is 10.4. The van der Waals surface area contributed by atoms with Crippen LogP contribution in [0.4, 0.5) is 5.69 Å². The Morgan fingerprint density at radius 3 is 2.42 bits per heavy atom. The van der Waals surface area contributed by atoms with E-state index in [9.17, 15) is 9.59 Å². The number of carbonyl (C=O) groups excluding carboxylic acids is 2. The van der Waals surface area contributed by atoms with Crippen molar-refractivity contribution in [1.82, 2.24) is 9.97 Å². The van der Waals surface area contributed by atoms with E-state index in [1.807, 2.05) is 0 Å². The molecule has 2 N–H and O–H groups in total. The van der Waals surface area contributed by atoms with Crippen molar-refractivity contribution in [3.8, 4) is 5.75 Å². The SMILES string of the molecule is CCCCc1ccc(N2CCC(Cc3nc(C)c(OC(C)=O)c(C(N)=O)n3)CC2)cc1. The van der Waals surface area contributed by atoms with Crippen LogP contribution in [-0.4, -0.2) is 34.9 Å². The number of anilines is 1. The van der Waals surface area contributed by atoms with Crippen LogP contribution in [0.25, 0.3) is 0 Å². The van der Waals surface area contributed by atoms with Crippen LogP contribution in [0.5, 0.6) is 5.75 Å². The Balaban J connectivity index is 1.61. The quantitative estimate of drug-likeness (QED) is 0.650. The largest absolute Gasteiger partial charge is 0.422 e. The fraction of sp³-hybridized carbons (Fsp3) is 0.500. The van der Waals surface area contributed by atoms with Gasteiger partial charge in [0.15, 0.2) is 11.4 Å². The summed E-state index contributed by atoms with van der Waals surface area (Å²) in [6, 6.07) is 8.93. The lowest BCUT2D eigenvalue weighted by Crippen LogP contribution is -2.34. The van der Waals surface area contributed by atoms with Crippen LogP contribution in [0, 0.1) is 12.8 Å². The molecule has 166 valence electrons. The molecule has 0 aliphatic carbocycles. The lowest BCUT2D eigenvalue weighted by molar-refractivity contribution is -0.132. The van der Waals surface area contributed by atoms with E-state index in [0.29, 0.717) is 23.9 Å². The highest BCUT2D eigenvalue weighted by Crippen LogP contribution is 2.27. The first kappa shape index (κ1) is 22.7. The minimum atomic E-state index is -0.722. The number of piperidine rings is 1. The summed E-state index contributed by atoms with van der Waals surface area (Å²) in [5, 5.41) is 0. The standard InChI is InChI=1S/C24H32N4O3/c1-4-5-6-18-7-9-20(10-8-18)28-13-11-19(12-14-28)15-21-26-16(2)23(31-17(3)29)22(27-21)24(25)30/h7-10,19H,4-6,11-15H2,1-3H3,(H2,25,30). The Bertz CT molecular complexity index is 919. The van der Waals surface area contributed by atoms with Crippen LogP contribution in [0.15, 0.2) is 24.3 Å². The molecule has 7 heteroatoms. The molecule has 0 spiro atoms. The van der Waals surface area contributed by atoms with Crippen molar-refractivity contribution in [2.45, 2.75) is 59.3 Å². The van der Waals surface area contributed by atoms with E-state index in [2.05, 4.69) is 46.1 Å². The van der Waals surface area contributed by atoms with Crippen LogP contribution in [0.1, 0.15) is 67.1 Å². The van der Waals surface area contributed by atoms with E-state index >= 15 is 0 Å². The summed E-state index contributed by atoms with van der Waals surface area (Å²) in [6.07, 6.45) is 6.31. The number of esters is 1. The smallest absolute Gasteiger partial charge is 0.308 e. The Kier molecular flexibility index (Phi) is 7.60. The molecule has 1 aromatic heterocycles. The first-order valence-electron chi connectivity index (χ1n) is 11.1. The number of aromatic nitrogens is 2. The van der Waals surface area contributed by atoms with Crippen LogP contribution in [-0.2, 0) is 17.6 Å². The normalized spacial score (nSPS) is 14.5. The number of carbonyl (C=O) groups is 2. The van der Waals surface area contributed by atoms with Crippen molar-refractivity contribution in [3.63, 3.8) is 0 Å². The molecule has 3 rings (SSSR count). The Morgan fingerprint density at radius 1 is 1.16 bits per heavy atom. The summed E-state index contributed by atoms with van der Waals surface area (Å²) in [6.45, 7) is 7.14. The van der Waals surface area contributed by atoms with Gasteiger partial charge in [0.2, 0.25) is 0 Å². The van der Waals surface area contributed by atoms with E-state index < -0.39 is 11.9 Å². The topological polar surface area (TPSA) is 98.4 Å². The van der Waals surface area contributed by atoms with Crippen LogP contribution in [0.2, 0.25) is 0 Å². The molecule has 2 aromatic rings. The number of benzene rings is 1. The third-order valence-corrected chi connectivity index (χ3v) is 5.77. The third kappa shape index (κ3) is 6.03. The van der Waals surface area contributed by atoms with Gasteiger partial charge in [0.1, 0.15) is 5.82 Å². The van der Waals surface area contributed by atoms with E-state index in [1.165, 1.54) is 31.0 Å². The number of nitrogens with two attached hydrogens (primary N) is 1. The summed E-state index contributed by atoms with van der Waals surface area (Å²) >= 11 is 0. The van der Waals surface area contributed by atoms with Crippen LogP contribution >= 0.6 is 0 Å². The van der Waals surface area contributed by atoms with E-state index in [-0.39, 0.29) is 11.4 Å². The molecule has 1 aliphatic heterocycles. The van der Waals surface area contributed by atoms with Gasteiger partial charge in [-0.3, -0.25) is 9.59 Å². The fourth-order valence-electron chi connectivity index (χ4n) is 4.05. The maximum absolute atomic E-state index is 11.8. The van der Waals surface area contributed by atoms with Gasteiger partial charge in [-0.2, -0.15) is 0 Å². The fourth-order valence-corrected chi connectivity index (χ4v) is 4.05. The van der Waals surface area contributed by atoms with Gasteiger partial charge >= 0.3 is 5.97 Å². The van der Waals surface area contributed by atoms with Gasteiger partial charge in [-0.15, -0.1) is 0 Å². The highest BCUT2D eigenvalue weighted by Gasteiger charge is 2.24. The Morgan fingerprint density at radius 2 is 1.84 bits per heavy atom. The molecular weight excluding hydrogens is 392 g/mol. The molecule has 2 heterocycles. The van der Waals surface area contributed by atoms with Gasteiger partial charge in [0, 0.05) is 32.1 Å². The predicted octanol–water partition coefficient (Wildman–Crippen LogP) is 3.61. The zero-order chi connectivity index (χ0) is 22.4. The molecule has 0 bridgehead atoms.